The summed E-state index contributed by atoms with van der Waals surface area (Å²) < 4.78 is 69.0. The Kier molecular flexibility index (Phi) is 6.86. The van der Waals surface area contributed by atoms with Crippen LogP contribution in [0.4, 0.5) is 27.9 Å². The number of carbonyl (C=O) groups excluding carboxylic acids is 1. The highest BCUT2D eigenvalue weighted by molar-refractivity contribution is 5.98. The predicted molar refractivity (Wildman–Crippen MR) is 123 cm³/mol. The third kappa shape index (κ3) is 5.83. The maximum atomic E-state index is 14.6. The first-order valence-electron chi connectivity index (χ1n) is 11.4. The van der Waals surface area contributed by atoms with Gasteiger partial charge < -0.3 is 10.2 Å². The Balaban J connectivity index is 1.63. The van der Waals surface area contributed by atoms with E-state index in [0.29, 0.717) is 29.3 Å². The average Bonchev–Trinajstić information content (AvgIpc) is 3.18. The summed E-state index contributed by atoms with van der Waals surface area (Å²) in [5.74, 6) is -4.39. The molecule has 0 bridgehead atoms. The minimum absolute atomic E-state index is 0.0590. The van der Waals surface area contributed by atoms with Crippen LogP contribution in [0.1, 0.15) is 40.8 Å². The Bertz CT molecular complexity index is 1270. The number of nitrogens with one attached hydrogen (secondary N) is 1. The van der Waals surface area contributed by atoms with Crippen molar-refractivity contribution in [3.8, 4) is 11.4 Å². The first-order valence-corrected chi connectivity index (χ1v) is 11.4. The van der Waals surface area contributed by atoms with Gasteiger partial charge in [0.1, 0.15) is 0 Å². The summed E-state index contributed by atoms with van der Waals surface area (Å²) in [6, 6.07) is 1.02. The molecule has 9 nitrogen and oxygen atoms in total. The Hall–Kier alpha value is -3.71. The normalized spacial score (nSPS) is 19.6. The first-order chi connectivity index (χ1) is 17.2. The molecule has 14 heteroatoms. The lowest BCUT2D eigenvalue weighted by Gasteiger charge is -2.43. The molecule has 4 rings (SSSR count). The van der Waals surface area contributed by atoms with Gasteiger partial charge in [0, 0.05) is 50.0 Å². The zero-order valence-corrected chi connectivity index (χ0v) is 20.5. The SMILES string of the molecule is Cc1cc(C)nc(-c2cn(C)nc2C(=O)N2CC(F)(F)CC(C)C2CNc2ncc(C(F)(F)F)cn2)n1. The lowest BCUT2D eigenvalue weighted by molar-refractivity contribution is -0.138. The maximum absolute atomic E-state index is 14.6. The summed E-state index contributed by atoms with van der Waals surface area (Å²) in [7, 11) is 1.59. The van der Waals surface area contributed by atoms with Gasteiger partial charge in [-0.05, 0) is 25.8 Å². The number of alkyl halides is 5. The van der Waals surface area contributed by atoms with E-state index in [-0.39, 0.29) is 24.0 Å². The van der Waals surface area contributed by atoms with E-state index >= 15 is 0 Å². The van der Waals surface area contributed by atoms with E-state index in [2.05, 4.69) is 30.4 Å². The van der Waals surface area contributed by atoms with Gasteiger partial charge >= 0.3 is 6.18 Å². The van der Waals surface area contributed by atoms with Crippen molar-refractivity contribution in [3.05, 3.63) is 47.3 Å². The van der Waals surface area contributed by atoms with Gasteiger partial charge in [-0.1, -0.05) is 6.92 Å². The fourth-order valence-electron chi connectivity index (χ4n) is 4.43. The van der Waals surface area contributed by atoms with Crippen molar-refractivity contribution >= 4 is 11.9 Å². The molecule has 1 aliphatic rings. The molecule has 4 heterocycles. The van der Waals surface area contributed by atoms with E-state index < -0.39 is 48.5 Å². The summed E-state index contributed by atoms with van der Waals surface area (Å²) in [5.41, 5.74) is 0.548. The Morgan fingerprint density at radius 2 is 1.78 bits per heavy atom. The zero-order chi connectivity index (χ0) is 27.1. The number of amides is 1. The number of rotatable bonds is 5. The highest BCUT2D eigenvalue weighted by atomic mass is 19.4. The molecule has 37 heavy (non-hydrogen) atoms. The third-order valence-electron chi connectivity index (χ3n) is 6.04. The minimum atomic E-state index is -4.59. The molecular weight excluding hydrogens is 499 g/mol. The van der Waals surface area contributed by atoms with Crippen molar-refractivity contribution < 1.29 is 26.7 Å². The molecule has 0 radical (unpaired) electrons. The minimum Gasteiger partial charge on any atom is -0.352 e. The molecular formula is C23H25F5N8O. The number of hydrogen-bond acceptors (Lipinski definition) is 7. The highest BCUT2D eigenvalue weighted by Crippen LogP contribution is 2.36. The Morgan fingerprint density at radius 1 is 1.16 bits per heavy atom. The number of aryl methyl sites for hydroxylation is 3. The second-order valence-corrected chi connectivity index (χ2v) is 9.25. The summed E-state index contributed by atoms with van der Waals surface area (Å²) in [6.07, 6.45) is -2.25. The largest absolute Gasteiger partial charge is 0.419 e. The molecule has 0 aromatic carbocycles. The van der Waals surface area contributed by atoms with E-state index in [4.69, 9.17) is 0 Å². The molecule has 3 aromatic rings. The monoisotopic (exact) mass is 524 g/mol. The molecule has 1 amide bonds. The second kappa shape index (κ2) is 9.63. The molecule has 198 valence electrons. The predicted octanol–water partition coefficient (Wildman–Crippen LogP) is 3.90. The summed E-state index contributed by atoms with van der Waals surface area (Å²) in [5, 5.41) is 7.00. The zero-order valence-electron chi connectivity index (χ0n) is 20.5. The molecule has 1 aliphatic heterocycles. The van der Waals surface area contributed by atoms with Crippen LogP contribution in [0.15, 0.2) is 24.7 Å². The fourth-order valence-corrected chi connectivity index (χ4v) is 4.43. The number of piperidine rings is 1. The maximum Gasteiger partial charge on any atom is 0.419 e. The fraction of sp³-hybridized carbons (Fsp3) is 0.478. The lowest BCUT2D eigenvalue weighted by Crippen LogP contribution is -2.57. The number of likely N-dealkylation sites (tertiary alicyclic amines) is 1. The van der Waals surface area contributed by atoms with Gasteiger partial charge in [-0.3, -0.25) is 9.48 Å². The smallest absolute Gasteiger partial charge is 0.352 e. The van der Waals surface area contributed by atoms with Gasteiger partial charge in [0.15, 0.2) is 11.5 Å². The topological polar surface area (TPSA) is 102 Å². The molecule has 1 N–H and O–H groups in total. The molecule has 0 aliphatic carbocycles. The quantitative estimate of drug-likeness (QED) is 0.505. The number of halogens is 5. The van der Waals surface area contributed by atoms with E-state index in [1.165, 1.54) is 4.68 Å². The Labute approximate surface area is 209 Å². The van der Waals surface area contributed by atoms with Crippen molar-refractivity contribution in [2.45, 2.75) is 45.3 Å². The van der Waals surface area contributed by atoms with Gasteiger partial charge in [-0.15, -0.1) is 0 Å². The van der Waals surface area contributed by atoms with E-state index in [9.17, 15) is 26.7 Å². The number of nitrogens with zero attached hydrogens (tertiary/aromatic N) is 7. The van der Waals surface area contributed by atoms with Gasteiger partial charge in [-0.25, -0.2) is 28.7 Å². The standard InChI is InChI=1S/C23H25F5N8O/c1-12-6-22(24,25)11-36(17(12)9-31-21-29-7-15(8-30-21)23(26,27)28)20(37)18-16(10-35(4)34-18)19-32-13(2)5-14(3)33-19/h5,7-8,10,12,17H,6,9,11H2,1-4H3,(H,29,30,31). The molecule has 0 saturated carbocycles. The molecule has 3 aromatic heterocycles. The van der Waals surface area contributed by atoms with Crippen molar-refractivity contribution in [2.24, 2.45) is 13.0 Å². The lowest BCUT2D eigenvalue weighted by atomic mass is 9.88. The number of carbonyl (C=O) groups is 1. The van der Waals surface area contributed by atoms with Crippen LogP contribution in [-0.2, 0) is 13.2 Å². The van der Waals surface area contributed by atoms with Crippen LogP contribution in [0.5, 0.6) is 0 Å². The van der Waals surface area contributed by atoms with Crippen LogP contribution in [-0.4, -0.2) is 65.6 Å². The molecule has 2 atom stereocenters. The van der Waals surface area contributed by atoms with Gasteiger partial charge in [-0.2, -0.15) is 18.3 Å². The van der Waals surface area contributed by atoms with E-state index in [1.807, 2.05) is 0 Å². The van der Waals surface area contributed by atoms with Gasteiger partial charge in [0.25, 0.3) is 11.8 Å². The van der Waals surface area contributed by atoms with Gasteiger partial charge in [0.2, 0.25) is 5.95 Å². The number of aromatic nitrogens is 6. The third-order valence-corrected chi connectivity index (χ3v) is 6.04. The van der Waals surface area contributed by atoms with Crippen molar-refractivity contribution in [2.75, 3.05) is 18.4 Å². The Morgan fingerprint density at radius 3 is 2.38 bits per heavy atom. The summed E-state index contributed by atoms with van der Waals surface area (Å²) in [4.78, 5) is 30.8. The molecule has 2 unspecified atom stereocenters. The van der Waals surface area contributed by atoms with Crippen LogP contribution < -0.4 is 5.32 Å². The number of anilines is 1. The molecule has 0 spiro atoms. The average molecular weight is 524 g/mol. The summed E-state index contributed by atoms with van der Waals surface area (Å²) >= 11 is 0. The van der Waals surface area contributed by atoms with Crippen molar-refractivity contribution in [1.82, 2.24) is 34.6 Å². The van der Waals surface area contributed by atoms with Crippen LogP contribution >= 0.6 is 0 Å². The highest BCUT2D eigenvalue weighted by Gasteiger charge is 2.47. The van der Waals surface area contributed by atoms with Crippen LogP contribution in [0.2, 0.25) is 0 Å². The number of hydrogen-bond donors (Lipinski definition) is 1. The van der Waals surface area contributed by atoms with Crippen molar-refractivity contribution in [3.63, 3.8) is 0 Å². The second-order valence-electron chi connectivity index (χ2n) is 9.25. The first kappa shape index (κ1) is 26.4. The van der Waals surface area contributed by atoms with E-state index in [0.717, 1.165) is 4.90 Å². The van der Waals surface area contributed by atoms with Crippen LogP contribution in [0.3, 0.4) is 0 Å². The van der Waals surface area contributed by atoms with Crippen LogP contribution in [0.25, 0.3) is 11.4 Å². The van der Waals surface area contributed by atoms with Gasteiger partial charge in [0.05, 0.1) is 23.7 Å². The molecule has 1 saturated heterocycles. The van der Waals surface area contributed by atoms with Crippen LogP contribution in [0, 0.1) is 19.8 Å². The summed E-state index contributed by atoms with van der Waals surface area (Å²) in [6.45, 7) is 4.22. The molecule has 1 fully saturated rings. The van der Waals surface area contributed by atoms with E-state index in [1.54, 1.807) is 40.1 Å². The van der Waals surface area contributed by atoms with Crippen molar-refractivity contribution in [1.29, 1.82) is 0 Å².